The quantitative estimate of drug-likeness (QED) is 0.580. The van der Waals surface area contributed by atoms with Crippen molar-refractivity contribution in [2.24, 2.45) is 0 Å². The average Bonchev–Trinajstić information content (AvgIpc) is 2.69. The van der Waals surface area contributed by atoms with Crippen LogP contribution < -0.4 is 0 Å². The van der Waals surface area contributed by atoms with Crippen molar-refractivity contribution >= 4 is 5.78 Å². The van der Waals surface area contributed by atoms with Crippen molar-refractivity contribution in [1.82, 2.24) is 0 Å². The molecule has 1 saturated carbocycles. The highest BCUT2D eigenvalue weighted by Crippen LogP contribution is 2.34. The molecule has 0 aromatic heterocycles. The van der Waals surface area contributed by atoms with E-state index in [-0.39, 0.29) is 5.78 Å². The molecule has 0 radical (unpaired) electrons. The van der Waals surface area contributed by atoms with Gasteiger partial charge < -0.3 is 4.74 Å². The molecule has 2 heteroatoms. The molecule has 0 unspecified atom stereocenters. The Bertz CT molecular complexity index is 509. The fourth-order valence-corrected chi connectivity index (χ4v) is 3.46. The third-order valence-corrected chi connectivity index (χ3v) is 4.83. The minimum Gasteiger partial charge on any atom is -0.367 e. The molecule has 0 heterocycles. The van der Waals surface area contributed by atoms with Gasteiger partial charge in [0, 0.05) is 12.2 Å². The van der Waals surface area contributed by atoms with Gasteiger partial charge in [-0.2, -0.15) is 0 Å². The lowest BCUT2D eigenvalue weighted by atomic mass is 9.83. The smallest absolute Gasteiger partial charge is 0.194 e. The highest BCUT2D eigenvalue weighted by Gasteiger charge is 2.40. The van der Waals surface area contributed by atoms with Crippen molar-refractivity contribution in [2.45, 2.75) is 71.8 Å². The van der Waals surface area contributed by atoms with Crippen molar-refractivity contribution in [3.05, 3.63) is 34.4 Å². The molecule has 0 atom stereocenters. The molecule has 1 aliphatic rings. The molecule has 1 aliphatic carbocycles. The molecule has 0 aliphatic heterocycles. The lowest BCUT2D eigenvalue weighted by Crippen LogP contribution is -2.41. The van der Waals surface area contributed by atoms with E-state index in [0.717, 1.165) is 36.8 Å². The van der Waals surface area contributed by atoms with Gasteiger partial charge in [0.15, 0.2) is 5.78 Å². The zero-order chi connectivity index (χ0) is 15.5. The van der Waals surface area contributed by atoms with Gasteiger partial charge in [-0.05, 0) is 63.3 Å². The van der Waals surface area contributed by atoms with Crippen LogP contribution in [0, 0.1) is 20.8 Å². The molecule has 1 aromatic carbocycles. The number of rotatable bonds is 4. The summed E-state index contributed by atoms with van der Waals surface area (Å²) in [6.45, 7) is 8.81. The molecule has 2 nitrogen and oxygen atoms in total. The Morgan fingerprint density at radius 3 is 2.14 bits per heavy atom. The second-order valence-corrected chi connectivity index (χ2v) is 6.42. The van der Waals surface area contributed by atoms with Crippen LogP contribution >= 0.6 is 0 Å². The van der Waals surface area contributed by atoms with Gasteiger partial charge in [-0.1, -0.05) is 31.7 Å². The SMILES string of the molecule is CCOC1(C(=O)c2cc(C)c(C)cc2C)CCCCCC1. The maximum absolute atomic E-state index is 13.2. The standard InChI is InChI=1S/C19H28O2/c1-5-21-19(10-8-6-7-9-11-19)18(20)17-13-15(3)14(2)12-16(17)4/h12-13H,5-11H2,1-4H3. The van der Waals surface area contributed by atoms with Crippen molar-refractivity contribution in [2.75, 3.05) is 6.61 Å². The van der Waals surface area contributed by atoms with Crippen LogP contribution in [0.1, 0.15) is 72.5 Å². The number of aryl methyl sites for hydroxylation is 3. The van der Waals surface area contributed by atoms with Gasteiger partial charge in [0.1, 0.15) is 5.60 Å². The molecular weight excluding hydrogens is 260 g/mol. The van der Waals surface area contributed by atoms with E-state index in [1.165, 1.54) is 24.0 Å². The molecule has 2 rings (SSSR count). The number of benzene rings is 1. The number of carbonyl (C=O) groups excluding carboxylic acids is 1. The predicted octanol–water partition coefficient (Wildman–Crippen LogP) is 4.92. The highest BCUT2D eigenvalue weighted by atomic mass is 16.5. The third kappa shape index (κ3) is 3.37. The first-order valence-electron chi connectivity index (χ1n) is 8.27. The Morgan fingerprint density at radius 1 is 1.00 bits per heavy atom. The van der Waals surface area contributed by atoms with Crippen LogP contribution in [0.5, 0.6) is 0 Å². The van der Waals surface area contributed by atoms with E-state index in [4.69, 9.17) is 4.74 Å². The van der Waals surface area contributed by atoms with E-state index in [0.29, 0.717) is 6.61 Å². The molecule has 0 bridgehead atoms. The van der Waals surface area contributed by atoms with Gasteiger partial charge in [0.25, 0.3) is 0 Å². The number of Topliss-reactive ketones (excluding diaryl/α,β-unsaturated/α-hetero) is 1. The highest BCUT2D eigenvalue weighted by molar-refractivity contribution is 6.03. The number of hydrogen-bond donors (Lipinski definition) is 0. The molecule has 0 amide bonds. The number of ketones is 1. The maximum Gasteiger partial charge on any atom is 0.194 e. The average molecular weight is 288 g/mol. The van der Waals surface area contributed by atoms with Gasteiger partial charge in [-0.25, -0.2) is 0 Å². The normalized spacial score (nSPS) is 18.3. The molecular formula is C19H28O2. The lowest BCUT2D eigenvalue weighted by molar-refractivity contribution is -0.0292. The predicted molar refractivity (Wildman–Crippen MR) is 87.0 cm³/mol. The first kappa shape index (κ1) is 16.2. The Balaban J connectivity index is 2.40. The van der Waals surface area contributed by atoms with Crippen LogP contribution in [-0.2, 0) is 4.74 Å². The largest absolute Gasteiger partial charge is 0.367 e. The minimum absolute atomic E-state index is 0.201. The summed E-state index contributed by atoms with van der Waals surface area (Å²) in [4.78, 5) is 13.2. The molecule has 1 fully saturated rings. The van der Waals surface area contributed by atoms with E-state index >= 15 is 0 Å². The first-order chi connectivity index (χ1) is 10.00. The topological polar surface area (TPSA) is 26.3 Å². The van der Waals surface area contributed by atoms with Crippen molar-refractivity contribution < 1.29 is 9.53 Å². The zero-order valence-corrected chi connectivity index (χ0v) is 13.9. The summed E-state index contributed by atoms with van der Waals surface area (Å²) in [5, 5.41) is 0. The van der Waals surface area contributed by atoms with Crippen LogP contribution in [0.25, 0.3) is 0 Å². The van der Waals surface area contributed by atoms with E-state index in [1.54, 1.807) is 0 Å². The van der Waals surface area contributed by atoms with E-state index in [1.807, 2.05) is 13.8 Å². The Labute approximate surface area is 128 Å². The molecule has 0 spiro atoms. The molecule has 1 aromatic rings. The van der Waals surface area contributed by atoms with Gasteiger partial charge >= 0.3 is 0 Å². The Morgan fingerprint density at radius 2 is 1.57 bits per heavy atom. The van der Waals surface area contributed by atoms with E-state index in [9.17, 15) is 4.79 Å². The summed E-state index contributed by atoms with van der Waals surface area (Å²) >= 11 is 0. The fourth-order valence-electron chi connectivity index (χ4n) is 3.46. The summed E-state index contributed by atoms with van der Waals surface area (Å²) in [5.41, 5.74) is 3.78. The van der Waals surface area contributed by atoms with E-state index < -0.39 is 5.60 Å². The van der Waals surface area contributed by atoms with Crippen LogP contribution in [-0.4, -0.2) is 18.0 Å². The number of hydrogen-bond acceptors (Lipinski definition) is 2. The van der Waals surface area contributed by atoms with Crippen LogP contribution in [0.4, 0.5) is 0 Å². The van der Waals surface area contributed by atoms with Gasteiger partial charge in [0.05, 0.1) is 0 Å². The van der Waals surface area contributed by atoms with Gasteiger partial charge in [0.2, 0.25) is 0 Å². The summed E-state index contributed by atoms with van der Waals surface area (Å²) in [6, 6.07) is 4.18. The van der Waals surface area contributed by atoms with Crippen LogP contribution in [0.15, 0.2) is 12.1 Å². The van der Waals surface area contributed by atoms with Crippen molar-refractivity contribution in [1.29, 1.82) is 0 Å². The molecule has 0 saturated heterocycles. The summed E-state index contributed by atoms with van der Waals surface area (Å²) in [5.74, 6) is 0.201. The summed E-state index contributed by atoms with van der Waals surface area (Å²) in [6.07, 6.45) is 6.35. The van der Waals surface area contributed by atoms with E-state index in [2.05, 4.69) is 26.0 Å². The number of ether oxygens (including phenoxy) is 1. The minimum atomic E-state index is -0.586. The lowest BCUT2D eigenvalue weighted by Gasteiger charge is -2.32. The fraction of sp³-hybridized carbons (Fsp3) is 0.632. The zero-order valence-electron chi connectivity index (χ0n) is 13.9. The van der Waals surface area contributed by atoms with Crippen LogP contribution in [0.3, 0.4) is 0 Å². The first-order valence-corrected chi connectivity index (χ1v) is 8.27. The van der Waals surface area contributed by atoms with Crippen molar-refractivity contribution in [3.63, 3.8) is 0 Å². The van der Waals surface area contributed by atoms with Gasteiger partial charge in [-0.3, -0.25) is 4.79 Å². The molecule has 0 N–H and O–H groups in total. The second-order valence-electron chi connectivity index (χ2n) is 6.42. The maximum atomic E-state index is 13.2. The summed E-state index contributed by atoms with van der Waals surface area (Å²) in [7, 11) is 0. The monoisotopic (exact) mass is 288 g/mol. The Hall–Kier alpha value is -1.15. The molecule has 21 heavy (non-hydrogen) atoms. The second kappa shape index (κ2) is 6.74. The molecule has 116 valence electrons. The third-order valence-electron chi connectivity index (χ3n) is 4.83. The Kier molecular flexibility index (Phi) is 5.21. The number of carbonyl (C=O) groups is 1. The van der Waals surface area contributed by atoms with Crippen LogP contribution in [0.2, 0.25) is 0 Å². The van der Waals surface area contributed by atoms with Crippen molar-refractivity contribution in [3.8, 4) is 0 Å². The van der Waals surface area contributed by atoms with Gasteiger partial charge in [-0.15, -0.1) is 0 Å². The summed E-state index contributed by atoms with van der Waals surface area (Å²) < 4.78 is 6.04.